The predicted molar refractivity (Wildman–Crippen MR) is 101 cm³/mol. The fourth-order valence-electron chi connectivity index (χ4n) is 2.01. The van der Waals surface area contributed by atoms with E-state index in [1.54, 1.807) is 24.3 Å². The lowest BCUT2D eigenvalue weighted by Crippen LogP contribution is -2.44. The molecule has 0 saturated carbocycles. The number of hydrogen-bond donors (Lipinski definition) is 2. The maximum Gasteiger partial charge on any atom is 0.344 e. The van der Waals surface area contributed by atoms with Crippen molar-refractivity contribution in [1.82, 2.24) is 15.8 Å². The molecule has 1 aromatic heterocycles. The van der Waals surface area contributed by atoms with Gasteiger partial charge in [-0.2, -0.15) is 0 Å². The Bertz CT molecular complexity index is 823. The summed E-state index contributed by atoms with van der Waals surface area (Å²) in [7, 11) is 0. The van der Waals surface area contributed by atoms with Gasteiger partial charge in [-0.1, -0.05) is 12.1 Å². The van der Waals surface area contributed by atoms with E-state index in [2.05, 4.69) is 15.8 Å². The summed E-state index contributed by atoms with van der Waals surface area (Å²) in [5, 5.41) is 2.47. The maximum absolute atomic E-state index is 11.7. The summed E-state index contributed by atoms with van der Waals surface area (Å²) in [6.45, 7) is 3.19. The van der Waals surface area contributed by atoms with Crippen LogP contribution in [0.4, 0.5) is 0 Å². The summed E-state index contributed by atoms with van der Waals surface area (Å²) in [4.78, 5) is 39.2. The van der Waals surface area contributed by atoms with E-state index in [1.165, 1.54) is 11.3 Å². The van der Waals surface area contributed by atoms with Crippen molar-refractivity contribution in [2.75, 3.05) is 19.8 Å². The van der Waals surface area contributed by atoms with Crippen LogP contribution in [-0.4, -0.2) is 42.6 Å². The number of rotatable bonds is 9. The number of para-hydroxylation sites is 2. The quantitative estimate of drug-likeness (QED) is 0.473. The van der Waals surface area contributed by atoms with Crippen LogP contribution in [0.1, 0.15) is 17.6 Å². The Kier molecular flexibility index (Phi) is 8.22. The molecular weight excluding hydrogens is 386 g/mol. The van der Waals surface area contributed by atoms with Crippen molar-refractivity contribution in [1.29, 1.82) is 0 Å². The van der Waals surface area contributed by atoms with Gasteiger partial charge >= 0.3 is 5.97 Å². The number of aryl methyl sites for hydroxylation is 1. The molecule has 0 atom stereocenters. The van der Waals surface area contributed by atoms with E-state index in [0.717, 1.165) is 5.69 Å². The van der Waals surface area contributed by atoms with Gasteiger partial charge in [-0.05, 0) is 26.0 Å². The average molecular weight is 407 g/mol. The molecule has 0 bridgehead atoms. The zero-order chi connectivity index (χ0) is 20.4. The minimum absolute atomic E-state index is 0.0473. The number of carbonyl (C=O) groups is 3. The van der Waals surface area contributed by atoms with Crippen molar-refractivity contribution < 1.29 is 28.6 Å². The van der Waals surface area contributed by atoms with Gasteiger partial charge in [-0.25, -0.2) is 9.78 Å². The number of thiazole rings is 1. The number of ether oxygens (including phenoxy) is 3. The van der Waals surface area contributed by atoms with Gasteiger partial charge in [0.05, 0.1) is 13.0 Å². The van der Waals surface area contributed by atoms with Crippen molar-refractivity contribution in [2.45, 2.75) is 20.3 Å². The number of nitrogens with one attached hydrogen (secondary N) is 2. The molecule has 10 heteroatoms. The number of amides is 2. The molecule has 9 nitrogen and oxygen atoms in total. The molecule has 0 aliphatic carbocycles. The van der Waals surface area contributed by atoms with Crippen LogP contribution in [0.15, 0.2) is 29.6 Å². The van der Waals surface area contributed by atoms with Crippen LogP contribution in [0.3, 0.4) is 0 Å². The van der Waals surface area contributed by atoms with Crippen LogP contribution >= 0.6 is 11.3 Å². The lowest BCUT2D eigenvalue weighted by atomic mass is 10.3. The monoisotopic (exact) mass is 407 g/mol. The lowest BCUT2D eigenvalue weighted by Gasteiger charge is -2.11. The molecule has 1 heterocycles. The number of benzene rings is 1. The van der Waals surface area contributed by atoms with Gasteiger partial charge in [-0.15, -0.1) is 11.3 Å². The van der Waals surface area contributed by atoms with Gasteiger partial charge in [0.2, 0.25) is 5.91 Å². The Morgan fingerprint density at radius 3 is 2.36 bits per heavy atom. The second kappa shape index (κ2) is 10.9. The Morgan fingerprint density at radius 1 is 1.04 bits per heavy atom. The third-order valence-electron chi connectivity index (χ3n) is 3.18. The molecule has 0 aliphatic rings. The highest BCUT2D eigenvalue weighted by atomic mass is 32.1. The molecule has 2 N–H and O–H groups in total. The molecule has 2 amide bonds. The first-order chi connectivity index (χ1) is 13.5. The molecule has 0 spiro atoms. The molecule has 2 aromatic rings. The number of hydrazine groups is 1. The van der Waals surface area contributed by atoms with E-state index in [9.17, 15) is 14.4 Å². The predicted octanol–water partition coefficient (Wildman–Crippen LogP) is 1.16. The van der Waals surface area contributed by atoms with Gasteiger partial charge in [0, 0.05) is 11.1 Å². The summed E-state index contributed by atoms with van der Waals surface area (Å²) in [6, 6.07) is 6.90. The van der Waals surface area contributed by atoms with E-state index < -0.39 is 24.4 Å². The highest BCUT2D eigenvalue weighted by Gasteiger charge is 2.12. The number of aromatic nitrogens is 1. The molecule has 0 aliphatic heterocycles. The van der Waals surface area contributed by atoms with Crippen molar-refractivity contribution in [3.8, 4) is 11.5 Å². The summed E-state index contributed by atoms with van der Waals surface area (Å²) < 4.78 is 15.5. The Morgan fingerprint density at radius 2 is 1.71 bits per heavy atom. The molecule has 1 aromatic carbocycles. The van der Waals surface area contributed by atoms with Crippen molar-refractivity contribution >= 4 is 29.1 Å². The summed E-state index contributed by atoms with van der Waals surface area (Å²) in [5.74, 6) is -0.924. The second-order valence-electron chi connectivity index (χ2n) is 5.48. The fourth-order valence-corrected chi connectivity index (χ4v) is 2.78. The molecule has 0 saturated heterocycles. The number of esters is 1. The van der Waals surface area contributed by atoms with Crippen LogP contribution in [-0.2, 0) is 25.5 Å². The zero-order valence-electron chi connectivity index (χ0n) is 15.5. The van der Waals surface area contributed by atoms with Gasteiger partial charge in [0.15, 0.2) is 24.7 Å². The first kappa shape index (κ1) is 21.2. The van der Waals surface area contributed by atoms with Gasteiger partial charge < -0.3 is 14.2 Å². The summed E-state index contributed by atoms with van der Waals surface area (Å²) in [5.41, 5.74) is 5.23. The largest absolute Gasteiger partial charge is 0.490 e. The number of carbonyl (C=O) groups excluding carboxylic acids is 3. The van der Waals surface area contributed by atoms with E-state index >= 15 is 0 Å². The van der Waals surface area contributed by atoms with Crippen LogP contribution in [0.2, 0.25) is 0 Å². The molecule has 0 fully saturated rings. The van der Waals surface area contributed by atoms with E-state index in [-0.39, 0.29) is 13.0 Å². The van der Waals surface area contributed by atoms with Crippen molar-refractivity contribution in [2.24, 2.45) is 0 Å². The Balaban J connectivity index is 1.65. The maximum atomic E-state index is 11.7. The topological polar surface area (TPSA) is 116 Å². The third kappa shape index (κ3) is 7.23. The van der Waals surface area contributed by atoms with Crippen LogP contribution in [0.25, 0.3) is 0 Å². The molecule has 150 valence electrons. The van der Waals surface area contributed by atoms with Crippen LogP contribution in [0, 0.1) is 6.92 Å². The smallest absolute Gasteiger partial charge is 0.344 e. The standard InChI is InChI=1S/C18H21N3O6S/c1-3-25-13-6-4-5-7-14(13)26-10-18(24)27-9-16(23)21-20-15(22)8-17-19-12(2)11-28-17/h4-7,11H,3,8-10H2,1-2H3,(H,20,22)(H,21,23). The first-order valence-corrected chi connectivity index (χ1v) is 9.34. The average Bonchev–Trinajstić information content (AvgIpc) is 3.08. The van der Waals surface area contributed by atoms with Crippen LogP contribution < -0.4 is 20.3 Å². The number of hydrogen-bond acceptors (Lipinski definition) is 8. The minimum atomic E-state index is -0.731. The number of nitrogens with zero attached hydrogens (tertiary/aromatic N) is 1. The zero-order valence-corrected chi connectivity index (χ0v) is 16.3. The molecule has 0 radical (unpaired) electrons. The Labute approximate surface area is 166 Å². The normalized spacial score (nSPS) is 10.1. The van der Waals surface area contributed by atoms with E-state index in [0.29, 0.717) is 23.1 Å². The highest BCUT2D eigenvalue weighted by molar-refractivity contribution is 7.09. The van der Waals surface area contributed by atoms with Gasteiger partial charge in [0.25, 0.3) is 5.91 Å². The minimum Gasteiger partial charge on any atom is -0.490 e. The fraction of sp³-hybridized carbons (Fsp3) is 0.333. The Hall–Kier alpha value is -3.14. The van der Waals surface area contributed by atoms with E-state index in [4.69, 9.17) is 14.2 Å². The second-order valence-corrected chi connectivity index (χ2v) is 6.43. The molecule has 2 rings (SSSR count). The van der Waals surface area contributed by atoms with Gasteiger partial charge in [-0.3, -0.25) is 20.4 Å². The third-order valence-corrected chi connectivity index (χ3v) is 4.15. The van der Waals surface area contributed by atoms with Crippen molar-refractivity contribution in [3.05, 3.63) is 40.3 Å². The highest BCUT2D eigenvalue weighted by Crippen LogP contribution is 2.26. The van der Waals surface area contributed by atoms with E-state index in [1.807, 2.05) is 19.2 Å². The summed E-state index contributed by atoms with van der Waals surface area (Å²) in [6.07, 6.45) is 0.0473. The SMILES string of the molecule is CCOc1ccccc1OCC(=O)OCC(=O)NNC(=O)Cc1nc(C)cs1. The summed E-state index contributed by atoms with van der Waals surface area (Å²) >= 11 is 1.36. The first-order valence-electron chi connectivity index (χ1n) is 8.47. The molecule has 28 heavy (non-hydrogen) atoms. The van der Waals surface area contributed by atoms with Gasteiger partial charge in [0.1, 0.15) is 5.01 Å². The van der Waals surface area contributed by atoms with Crippen LogP contribution in [0.5, 0.6) is 11.5 Å². The van der Waals surface area contributed by atoms with Crippen molar-refractivity contribution in [3.63, 3.8) is 0 Å². The lowest BCUT2D eigenvalue weighted by molar-refractivity contribution is -0.150. The molecular formula is C18H21N3O6S. The molecule has 0 unspecified atom stereocenters.